The summed E-state index contributed by atoms with van der Waals surface area (Å²) in [6.45, 7) is 0. The molecule has 0 fully saturated rings. The molecule has 98 valence electrons. The predicted molar refractivity (Wildman–Crippen MR) is 79.9 cm³/mol. The Labute approximate surface area is 124 Å². The highest BCUT2D eigenvalue weighted by molar-refractivity contribution is 9.10. The number of hydrogen-bond donors (Lipinski definition) is 0. The summed E-state index contributed by atoms with van der Waals surface area (Å²) in [6.07, 6.45) is 5.92. The third kappa shape index (κ3) is 2.40. The van der Waals surface area contributed by atoms with Gasteiger partial charge >= 0.3 is 0 Å². The maximum absolute atomic E-state index is 11.2. The van der Waals surface area contributed by atoms with Crippen LogP contribution in [0.3, 0.4) is 0 Å². The van der Waals surface area contributed by atoms with Gasteiger partial charge in [-0.3, -0.25) is 9.78 Å². The molecular formula is C15H10BrN3O. The molecule has 4 nitrogen and oxygen atoms in total. The van der Waals surface area contributed by atoms with Crippen LogP contribution in [0.25, 0.3) is 16.9 Å². The minimum atomic E-state index is 0.543. The van der Waals surface area contributed by atoms with Gasteiger partial charge in [0.2, 0.25) is 0 Å². The molecule has 0 saturated heterocycles. The summed E-state index contributed by atoms with van der Waals surface area (Å²) in [6, 6.07) is 11.4. The molecule has 0 spiro atoms. The topological polar surface area (TPSA) is 47.8 Å². The van der Waals surface area contributed by atoms with Gasteiger partial charge in [0.1, 0.15) is 5.69 Å². The van der Waals surface area contributed by atoms with E-state index < -0.39 is 0 Å². The van der Waals surface area contributed by atoms with Crippen LogP contribution in [0.15, 0.2) is 59.5 Å². The molecule has 0 aliphatic rings. The molecule has 0 N–H and O–H groups in total. The van der Waals surface area contributed by atoms with Crippen LogP contribution < -0.4 is 0 Å². The number of pyridine rings is 1. The molecule has 2 aromatic heterocycles. The molecule has 0 radical (unpaired) electrons. The SMILES string of the molecule is O=Cc1cn(-c2ccc(Br)cc2)nc1-c1cccnc1. The van der Waals surface area contributed by atoms with E-state index in [1.165, 1.54) is 0 Å². The van der Waals surface area contributed by atoms with Crippen molar-refractivity contribution < 1.29 is 4.79 Å². The van der Waals surface area contributed by atoms with Crippen molar-refractivity contribution in [3.8, 4) is 16.9 Å². The zero-order chi connectivity index (χ0) is 13.9. The minimum absolute atomic E-state index is 0.543. The molecule has 0 amide bonds. The van der Waals surface area contributed by atoms with Crippen molar-refractivity contribution in [3.05, 3.63) is 65.0 Å². The van der Waals surface area contributed by atoms with Gasteiger partial charge in [0.05, 0.1) is 11.3 Å². The normalized spacial score (nSPS) is 10.4. The number of carbonyl (C=O) groups is 1. The van der Waals surface area contributed by atoms with Gasteiger partial charge in [0.25, 0.3) is 0 Å². The number of aromatic nitrogens is 3. The van der Waals surface area contributed by atoms with E-state index in [4.69, 9.17) is 0 Å². The van der Waals surface area contributed by atoms with Crippen molar-refractivity contribution >= 4 is 22.2 Å². The maximum Gasteiger partial charge on any atom is 0.153 e. The van der Waals surface area contributed by atoms with Crippen molar-refractivity contribution in [2.24, 2.45) is 0 Å². The van der Waals surface area contributed by atoms with Crippen molar-refractivity contribution in [1.82, 2.24) is 14.8 Å². The van der Waals surface area contributed by atoms with Gasteiger partial charge in [0.15, 0.2) is 6.29 Å². The van der Waals surface area contributed by atoms with Crippen LogP contribution in [0.2, 0.25) is 0 Å². The fourth-order valence-electron chi connectivity index (χ4n) is 1.93. The Morgan fingerprint density at radius 3 is 2.60 bits per heavy atom. The van der Waals surface area contributed by atoms with E-state index in [0.717, 1.165) is 22.0 Å². The van der Waals surface area contributed by atoms with Crippen molar-refractivity contribution in [3.63, 3.8) is 0 Å². The third-order valence-electron chi connectivity index (χ3n) is 2.90. The Bertz CT molecular complexity index is 736. The lowest BCUT2D eigenvalue weighted by Crippen LogP contribution is -1.94. The lowest BCUT2D eigenvalue weighted by atomic mass is 10.1. The standard InChI is InChI=1S/C15H10BrN3O/c16-13-3-5-14(6-4-13)19-9-12(10-20)15(18-19)11-2-1-7-17-8-11/h1-10H. The van der Waals surface area contributed by atoms with Crippen LogP contribution in [0, 0.1) is 0 Å². The molecule has 1 aromatic carbocycles. The van der Waals surface area contributed by atoms with Gasteiger partial charge in [-0.15, -0.1) is 0 Å². The summed E-state index contributed by atoms with van der Waals surface area (Å²) in [5.41, 5.74) is 2.90. The Kier molecular flexibility index (Phi) is 3.43. The summed E-state index contributed by atoms with van der Waals surface area (Å²) in [7, 11) is 0. The molecule has 2 heterocycles. The minimum Gasteiger partial charge on any atom is -0.298 e. The zero-order valence-corrected chi connectivity index (χ0v) is 12.0. The second-order valence-corrected chi connectivity index (χ2v) is 5.13. The second kappa shape index (κ2) is 5.38. The molecule has 0 aliphatic carbocycles. The van der Waals surface area contributed by atoms with E-state index in [0.29, 0.717) is 11.3 Å². The van der Waals surface area contributed by atoms with Gasteiger partial charge in [0, 0.05) is 28.6 Å². The van der Waals surface area contributed by atoms with Crippen molar-refractivity contribution in [2.75, 3.05) is 0 Å². The molecular weight excluding hydrogens is 318 g/mol. The van der Waals surface area contributed by atoms with Gasteiger partial charge in [-0.05, 0) is 36.4 Å². The Morgan fingerprint density at radius 2 is 1.95 bits per heavy atom. The number of aldehydes is 1. The van der Waals surface area contributed by atoms with Gasteiger partial charge < -0.3 is 0 Å². The summed E-state index contributed by atoms with van der Waals surface area (Å²) in [5.74, 6) is 0. The number of halogens is 1. The molecule has 5 heteroatoms. The molecule has 3 rings (SSSR count). The highest BCUT2D eigenvalue weighted by Crippen LogP contribution is 2.22. The summed E-state index contributed by atoms with van der Waals surface area (Å²) >= 11 is 3.39. The van der Waals surface area contributed by atoms with E-state index in [1.807, 2.05) is 36.4 Å². The first-order valence-electron chi connectivity index (χ1n) is 5.99. The van der Waals surface area contributed by atoms with Crippen LogP contribution in [-0.2, 0) is 0 Å². The van der Waals surface area contributed by atoms with Crippen molar-refractivity contribution in [2.45, 2.75) is 0 Å². The van der Waals surface area contributed by atoms with Crippen LogP contribution in [0.5, 0.6) is 0 Å². The first-order valence-corrected chi connectivity index (χ1v) is 6.78. The maximum atomic E-state index is 11.2. The Morgan fingerprint density at radius 1 is 1.15 bits per heavy atom. The fraction of sp³-hybridized carbons (Fsp3) is 0. The average molecular weight is 328 g/mol. The second-order valence-electron chi connectivity index (χ2n) is 4.21. The monoisotopic (exact) mass is 327 g/mol. The van der Waals surface area contributed by atoms with Crippen molar-refractivity contribution in [1.29, 1.82) is 0 Å². The Hall–Kier alpha value is -2.27. The molecule has 0 saturated carbocycles. The van der Waals surface area contributed by atoms with Crippen LogP contribution in [0.4, 0.5) is 0 Å². The predicted octanol–water partition coefficient (Wildman–Crippen LogP) is 3.51. The van der Waals surface area contributed by atoms with E-state index in [9.17, 15) is 4.79 Å². The Balaban J connectivity index is 2.09. The summed E-state index contributed by atoms with van der Waals surface area (Å²) in [5, 5.41) is 4.48. The first kappa shape index (κ1) is 12.7. The molecule has 0 atom stereocenters. The lowest BCUT2D eigenvalue weighted by Gasteiger charge is -2.01. The quantitative estimate of drug-likeness (QED) is 0.691. The summed E-state index contributed by atoms with van der Waals surface area (Å²) < 4.78 is 2.69. The lowest BCUT2D eigenvalue weighted by molar-refractivity contribution is 0.112. The van der Waals surface area contributed by atoms with Gasteiger partial charge in [-0.25, -0.2) is 4.68 Å². The van der Waals surface area contributed by atoms with E-state index >= 15 is 0 Å². The van der Waals surface area contributed by atoms with E-state index in [2.05, 4.69) is 26.0 Å². The average Bonchev–Trinajstić information content (AvgIpc) is 2.93. The van der Waals surface area contributed by atoms with Gasteiger partial charge in [-0.1, -0.05) is 15.9 Å². The molecule has 0 aliphatic heterocycles. The smallest absolute Gasteiger partial charge is 0.153 e. The van der Waals surface area contributed by atoms with E-state index in [-0.39, 0.29) is 0 Å². The largest absolute Gasteiger partial charge is 0.298 e. The highest BCUT2D eigenvalue weighted by Gasteiger charge is 2.11. The van der Waals surface area contributed by atoms with Gasteiger partial charge in [-0.2, -0.15) is 5.10 Å². The van der Waals surface area contributed by atoms with Crippen LogP contribution in [0.1, 0.15) is 10.4 Å². The zero-order valence-electron chi connectivity index (χ0n) is 10.4. The molecule has 0 unspecified atom stereocenters. The third-order valence-corrected chi connectivity index (χ3v) is 3.42. The number of rotatable bonds is 3. The van der Waals surface area contributed by atoms with Crippen LogP contribution >= 0.6 is 15.9 Å². The number of benzene rings is 1. The first-order chi connectivity index (χ1) is 9.78. The molecule has 3 aromatic rings. The number of hydrogen-bond acceptors (Lipinski definition) is 3. The van der Waals surface area contributed by atoms with E-state index in [1.54, 1.807) is 23.3 Å². The number of nitrogens with zero attached hydrogens (tertiary/aromatic N) is 3. The molecule has 0 bridgehead atoms. The van der Waals surface area contributed by atoms with Crippen LogP contribution in [-0.4, -0.2) is 21.1 Å². The fourth-order valence-corrected chi connectivity index (χ4v) is 2.19. The number of carbonyl (C=O) groups excluding carboxylic acids is 1. The molecule has 20 heavy (non-hydrogen) atoms. The highest BCUT2D eigenvalue weighted by atomic mass is 79.9. The summed E-state index contributed by atoms with van der Waals surface area (Å²) in [4.78, 5) is 15.3.